The van der Waals surface area contributed by atoms with Gasteiger partial charge in [0.25, 0.3) is 5.69 Å². The van der Waals surface area contributed by atoms with E-state index in [9.17, 15) is 18.5 Å². The summed E-state index contributed by atoms with van der Waals surface area (Å²) in [7, 11) is -3.69. The number of nitrogens with zero attached hydrogens (tertiary/aromatic N) is 1. The molecule has 22 heavy (non-hydrogen) atoms. The smallest absolute Gasteiger partial charge is 0.258 e. The van der Waals surface area contributed by atoms with Crippen LogP contribution in [0.15, 0.2) is 47.4 Å². The van der Waals surface area contributed by atoms with Crippen LogP contribution < -0.4 is 11.0 Å². The SMILES string of the molecule is O=[N+]([O-])c1ccc(S(=O)(=O)Cc2ccccc2)c2c1NON2. The Balaban J connectivity index is 2.05. The van der Waals surface area contributed by atoms with E-state index < -0.39 is 14.8 Å². The lowest BCUT2D eigenvalue weighted by atomic mass is 10.2. The molecule has 114 valence electrons. The molecule has 0 aromatic heterocycles. The molecule has 0 fully saturated rings. The van der Waals surface area contributed by atoms with Crippen LogP contribution in [0, 0.1) is 10.1 Å². The van der Waals surface area contributed by atoms with E-state index in [2.05, 4.69) is 11.0 Å². The van der Waals surface area contributed by atoms with Crippen LogP contribution in [0.1, 0.15) is 5.56 Å². The van der Waals surface area contributed by atoms with Crippen LogP contribution in [0.5, 0.6) is 0 Å². The van der Waals surface area contributed by atoms with Crippen molar-refractivity contribution >= 4 is 26.9 Å². The summed E-state index contributed by atoms with van der Waals surface area (Å²) in [6.07, 6.45) is 0. The number of anilines is 2. The molecule has 0 unspecified atom stereocenters. The first kappa shape index (κ1) is 14.3. The average molecular weight is 321 g/mol. The number of rotatable bonds is 4. The van der Waals surface area contributed by atoms with Crippen LogP contribution in [0.3, 0.4) is 0 Å². The van der Waals surface area contributed by atoms with Gasteiger partial charge in [-0.15, -0.1) is 0 Å². The van der Waals surface area contributed by atoms with E-state index in [4.69, 9.17) is 4.94 Å². The molecule has 9 heteroatoms. The zero-order valence-corrected chi connectivity index (χ0v) is 12.0. The van der Waals surface area contributed by atoms with Gasteiger partial charge in [0.05, 0.1) is 15.6 Å². The molecule has 0 amide bonds. The maximum absolute atomic E-state index is 12.5. The number of nitro groups is 1. The molecule has 1 aliphatic heterocycles. The van der Waals surface area contributed by atoms with Crippen molar-refractivity contribution in [3.8, 4) is 0 Å². The van der Waals surface area contributed by atoms with Gasteiger partial charge in [-0.1, -0.05) is 30.3 Å². The van der Waals surface area contributed by atoms with E-state index in [0.29, 0.717) is 5.56 Å². The predicted octanol–water partition coefficient (Wildman–Crippen LogP) is 2.25. The van der Waals surface area contributed by atoms with Gasteiger partial charge in [-0.25, -0.2) is 19.4 Å². The highest BCUT2D eigenvalue weighted by Gasteiger charge is 2.31. The van der Waals surface area contributed by atoms with Crippen molar-refractivity contribution in [3.63, 3.8) is 0 Å². The average Bonchev–Trinajstić information content (AvgIpc) is 2.95. The highest BCUT2D eigenvalue weighted by atomic mass is 32.2. The Bertz CT molecular complexity index is 836. The summed E-state index contributed by atoms with van der Waals surface area (Å²) in [5.41, 5.74) is 5.08. The molecule has 0 bridgehead atoms. The number of nitrogens with one attached hydrogen (secondary N) is 2. The lowest BCUT2D eigenvalue weighted by Crippen LogP contribution is -2.07. The van der Waals surface area contributed by atoms with Crippen molar-refractivity contribution in [2.24, 2.45) is 0 Å². The van der Waals surface area contributed by atoms with Gasteiger partial charge in [-0.2, -0.15) is 4.94 Å². The second-order valence-corrected chi connectivity index (χ2v) is 6.60. The normalized spacial score (nSPS) is 13.1. The first-order valence-electron chi connectivity index (χ1n) is 6.25. The number of benzene rings is 2. The maximum atomic E-state index is 12.5. The van der Waals surface area contributed by atoms with E-state index >= 15 is 0 Å². The quantitative estimate of drug-likeness (QED) is 0.656. The zero-order valence-electron chi connectivity index (χ0n) is 11.1. The molecule has 0 spiro atoms. The van der Waals surface area contributed by atoms with Crippen LogP contribution in [0.4, 0.5) is 17.1 Å². The van der Waals surface area contributed by atoms with Crippen molar-refractivity contribution in [1.29, 1.82) is 0 Å². The maximum Gasteiger partial charge on any atom is 0.297 e. The number of hydrogen-bond donors (Lipinski definition) is 2. The summed E-state index contributed by atoms with van der Waals surface area (Å²) in [6.45, 7) is 0. The van der Waals surface area contributed by atoms with Crippen molar-refractivity contribution in [1.82, 2.24) is 0 Å². The number of nitro benzene ring substituents is 1. The summed E-state index contributed by atoms with van der Waals surface area (Å²) >= 11 is 0. The summed E-state index contributed by atoms with van der Waals surface area (Å²) in [4.78, 5) is 15.0. The Morgan fingerprint density at radius 3 is 2.41 bits per heavy atom. The van der Waals surface area contributed by atoms with Crippen LogP contribution >= 0.6 is 0 Å². The first-order valence-corrected chi connectivity index (χ1v) is 7.90. The minimum absolute atomic E-state index is 0.000799. The Labute approximate surface area is 125 Å². The van der Waals surface area contributed by atoms with Gasteiger partial charge in [-0.3, -0.25) is 10.1 Å². The predicted molar refractivity (Wildman–Crippen MR) is 78.8 cm³/mol. The number of fused-ring (bicyclic) bond motifs is 1. The van der Waals surface area contributed by atoms with Gasteiger partial charge in [0.1, 0.15) is 5.69 Å². The van der Waals surface area contributed by atoms with Crippen molar-refractivity contribution in [2.45, 2.75) is 10.6 Å². The monoisotopic (exact) mass is 321 g/mol. The topological polar surface area (TPSA) is 111 Å². The Hall–Kier alpha value is -2.65. The van der Waals surface area contributed by atoms with Gasteiger partial charge >= 0.3 is 0 Å². The Morgan fingerprint density at radius 1 is 1.05 bits per heavy atom. The fraction of sp³-hybridized carbons (Fsp3) is 0.0769. The minimum Gasteiger partial charge on any atom is -0.258 e. The van der Waals surface area contributed by atoms with Gasteiger partial charge in [0.2, 0.25) is 0 Å². The summed E-state index contributed by atoms with van der Waals surface area (Å²) in [5, 5.41) is 10.9. The third kappa shape index (κ3) is 2.47. The van der Waals surface area contributed by atoms with Crippen molar-refractivity contribution < 1.29 is 18.3 Å². The van der Waals surface area contributed by atoms with E-state index in [0.717, 1.165) is 6.07 Å². The van der Waals surface area contributed by atoms with Crippen LogP contribution in [0.25, 0.3) is 0 Å². The van der Waals surface area contributed by atoms with E-state index in [1.807, 2.05) is 0 Å². The molecule has 0 saturated carbocycles. The molecule has 8 nitrogen and oxygen atoms in total. The molecule has 2 aromatic carbocycles. The fourth-order valence-electron chi connectivity index (χ4n) is 2.19. The first-order chi connectivity index (χ1) is 10.5. The van der Waals surface area contributed by atoms with E-state index in [-0.39, 0.29) is 27.7 Å². The lowest BCUT2D eigenvalue weighted by Gasteiger charge is -2.08. The van der Waals surface area contributed by atoms with Crippen LogP contribution in [0.2, 0.25) is 0 Å². The standard InChI is InChI=1S/C13H11N3O5S/c17-16(18)10-6-7-11(13-12(10)14-21-15-13)22(19,20)8-9-4-2-1-3-5-9/h1-7,14-15H,8H2. The molecule has 1 heterocycles. The number of sulfone groups is 1. The van der Waals surface area contributed by atoms with Crippen molar-refractivity contribution in [2.75, 3.05) is 11.0 Å². The molecule has 2 N–H and O–H groups in total. The van der Waals surface area contributed by atoms with Crippen molar-refractivity contribution in [3.05, 3.63) is 58.1 Å². The van der Waals surface area contributed by atoms with E-state index in [1.165, 1.54) is 6.07 Å². The molecule has 0 aliphatic carbocycles. The molecular weight excluding hydrogens is 310 g/mol. The van der Waals surface area contributed by atoms with Gasteiger partial charge in [0, 0.05) is 6.07 Å². The summed E-state index contributed by atoms with van der Waals surface area (Å²) < 4.78 is 25.1. The molecule has 0 radical (unpaired) electrons. The number of hydrogen-bond acceptors (Lipinski definition) is 7. The summed E-state index contributed by atoms with van der Waals surface area (Å²) in [6, 6.07) is 11.0. The fourth-order valence-corrected chi connectivity index (χ4v) is 3.70. The Morgan fingerprint density at radius 2 is 1.73 bits per heavy atom. The lowest BCUT2D eigenvalue weighted by molar-refractivity contribution is -0.384. The van der Waals surface area contributed by atoms with Gasteiger partial charge in [-0.05, 0) is 11.6 Å². The minimum atomic E-state index is -3.69. The largest absolute Gasteiger partial charge is 0.297 e. The third-order valence-electron chi connectivity index (χ3n) is 3.18. The molecule has 0 saturated heterocycles. The third-order valence-corrected chi connectivity index (χ3v) is 4.91. The zero-order chi connectivity index (χ0) is 15.7. The second-order valence-electron chi connectivity index (χ2n) is 4.64. The Kier molecular flexibility index (Phi) is 3.43. The van der Waals surface area contributed by atoms with Gasteiger partial charge in [0.15, 0.2) is 15.5 Å². The van der Waals surface area contributed by atoms with E-state index in [1.54, 1.807) is 30.3 Å². The van der Waals surface area contributed by atoms with Crippen LogP contribution in [-0.2, 0) is 20.5 Å². The second kappa shape index (κ2) is 5.28. The van der Waals surface area contributed by atoms with Gasteiger partial charge < -0.3 is 0 Å². The molecular formula is C13H11N3O5S. The molecule has 2 aromatic rings. The summed E-state index contributed by atoms with van der Waals surface area (Å²) in [5.74, 6) is -0.209. The van der Waals surface area contributed by atoms with Crippen LogP contribution in [-0.4, -0.2) is 13.3 Å². The molecule has 0 atom stereocenters. The molecule has 3 rings (SSSR count). The highest BCUT2D eigenvalue weighted by Crippen LogP contribution is 2.41. The molecule has 1 aliphatic rings. The highest BCUT2D eigenvalue weighted by molar-refractivity contribution is 7.90.